The standard InChI is InChI=1S/C15H18Cl2N4/c1-4-18-13-8-14(21-15(20-13)9(2)3)19-10-5-6-11(16)12(17)7-10/h5-9H,4H2,1-3H3,(H2,18,19,20,21). The maximum Gasteiger partial charge on any atom is 0.136 e. The molecular formula is C15H18Cl2N4. The van der Waals surface area contributed by atoms with Gasteiger partial charge in [-0.25, -0.2) is 9.97 Å². The van der Waals surface area contributed by atoms with E-state index >= 15 is 0 Å². The summed E-state index contributed by atoms with van der Waals surface area (Å²) in [5.74, 6) is 2.57. The van der Waals surface area contributed by atoms with Crippen molar-refractivity contribution in [1.29, 1.82) is 0 Å². The highest BCUT2D eigenvalue weighted by Gasteiger charge is 2.08. The SMILES string of the molecule is CCNc1cc(Nc2ccc(Cl)c(Cl)c2)nc(C(C)C)n1. The van der Waals surface area contributed by atoms with Gasteiger partial charge >= 0.3 is 0 Å². The third kappa shape index (κ3) is 4.22. The van der Waals surface area contributed by atoms with E-state index in [-0.39, 0.29) is 5.92 Å². The number of aromatic nitrogens is 2. The highest BCUT2D eigenvalue weighted by atomic mass is 35.5. The van der Waals surface area contributed by atoms with Crippen molar-refractivity contribution in [3.05, 3.63) is 40.1 Å². The van der Waals surface area contributed by atoms with Crippen LogP contribution in [0.25, 0.3) is 0 Å². The minimum Gasteiger partial charge on any atom is -0.370 e. The van der Waals surface area contributed by atoms with Crippen molar-refractivity contribution in [1.82, 2.24) is 9.97 Å². The Labute approximate surface area is 134 Å². The van der Waals surface area contributed by atoms with Crippen LogP contribution in [0.15, 0.2) is 24.3 Å². The maximum absolute atomic E-state index is 6.03. The lowest BCUT2D eigenvalue weighted by Gasteiger charge is -2.12. The molecule has 2 aromatic rings. The zero-order chi connectivity index (χ0) is 15.4. The molecule has 0 bridgehead atoms. The molecule has 1 aromatic carbocycles. The van der Waals surface area contributed by atoms with Gasteiger partial charge in [-0.2, -0.15) is 0 Å². The first-order valence-electron chi connectivity index (χ1n) is 6.84. The summed E-state index contributed by atoms with van der Waals surface area (Å²) >= 11 is 11.9. The number of hydrogen-bond donors (Lipinski definition) is 2. The lowest BCUT2D eigenvalue weighted by molar-refractivity contribution is 0.777. The zero-order valence-electron chi connectivity index (χ0n) is 12.2. The summed E-state index contributed by atoms with van der Waals surface area (Å²) in [5, 5.41) is 7.48. The summed E-state index contributed by atoms with van der Waals surface area (Å²) in [7, 11) is 0. The van der Waals surface area contributed by atoms with Crippen LogP contribution in [-0.4, -0.2) is 16.5 Å². The molecule has 21 heavy (non-hydrogen) atoms. The van der Waals surface area contributed by atoms with Crippen LogP contribution in [0.5, 0.6) is 0 Å². The lowest BCUT2D eigenvalue weighted by Crippen LogP contribution is -2.07. The predicted octanol–water partition coefficient (Wildman–Crippen LogP) is 5.08. The van der Waals surface area contributed by atoms with Gasteiger partial charge in [-0.15, -0.1) is 0 Å². The van der Waals surface area contributed by atoms with Gasteiger partial charge in [-0.05, 0) is 25.1 Å². The summed E-state index contributed by atoms with van der Waals surface area (Å²) < 4.78 is 0. The van der Waals surface area contributed by atoms with Crippen LogP contribution in [0.2, 0.25) is 10.0 Å². The number of rotatable bonds is 5. The van der Waals surface area contributed by atoms with Gasteiger partial charge in [0, 0.05) is 24.2 Å². The Balaban J connectivity index is 2.31. The van der Waals surface area contributed by atoms with Gasteiger partial charge in [0.05, 0.1) is 10.0 Å². The Kier molecular flexibility index (Phi) is 5.26. The largest absolute Gasteiger partial charge is 0.370 e. The molecule has 0 unspecified atom stereocenters. The lowest BCUT2D eigenvalue weighted by atomic mass is 10.2. The number of benzene rings is 1. The fourth-order valence-corrected chi connectivity index (χ4v) is 2.08. The van der Waals surface area contributed by atoms with E-state index in [1.54, 1.807) is 12.1 Å². The van der Waals surface area contributed by atoms with Crippen LogP contribution in [0, 0.1) is 0 Å². The monoisotopic (exact) mass is 324 g/mol. The molecule has 0 saturated heterocycles. The summed E-state index contributed by atoms with van der Waals surface area (Å²) in [5.41, 5.74) is 0.834. The Bertz CT molecular complexity index is 629. The van der Waals surface area contributed by atoms with Gasteiger partial charge in [-0.3, -0.25) is 0 Å². The number of nitrogens with one attached hydrogen (secondary N) is 2. The molecule has 0 spiro atoms. The molecule has 0 saturated carbocycles. The summed E-state index contributed by atoms with van der Waals surface area (Å²) in [6, 6.07) is 7.26. The van der Waals surface area contributed by atoms with Crippen molar-refractivity contribution >= 4 is 40.5 Å². The third-order valence-electron chi connectivity index (χ3n) is 2.81. The molecule has 0 fully saturated rings. The fraction of sp³-hybridized carbons (Fsp3) is 0.333. The fourth-order valence-electron chi connectivity index (χ4n) is 1.78. The minimum absolute atomic E-state index is 0.248. The Morgan fingerprint density at radius 1 is 1.05 bits per heavy atom. The Morgan fingerprint density at radius 2 is 1.76 bits per heavy atom. The van der Waals surface area contributed by atoms with E-state index in [9.17, 15) is 0 Å². The summed E-state index contributed by atoms with van der Waals surface area (Å²) in [4.78, 5) is 9.01. The van der Waals surface area contributed by atoms with Crippen molar-refractivity contribution in [2.75, 3.05) is 17.2 Å². The van der Waals surface area contributed by atoms with Crippen molar-refractivity contribution in [3.63, 3.8) is 0 Å². The van der Waals surface area contributed by atoms with Crippen LogP contribution < -0.4 is 10.6 Å². The average molecular weight is 325 g/mol. The molecule has 1 heterocycles. The van der Waals surface area contributed by atoms with Crippen LogP contribution >= 0.6 is 23.2 Å². The van der Waals surface area contributed by atoms with E-state index in [1.807, 2.05) is 19.1 Å². The molecule has 0 amide bonds. The van der Waals surface area contributed by atoms with Gasteiger partial charge in [0.25, 0.3) is 0 Å². The normalized spacial score (nSPS) is 10.8. The van der Waals surface area contributed by atoms with Gasteiger partial charge in [0.1, 0.15) is 17.5 Å². The maximum atomic E-state index is 6.03. The molecule has 4 nitrogen and oxygen atoms in total. The van der Waals surface area contributed by atoms with E-state index in [1.165, 1.54) is 0 Å². The number of anilines is 3. The molecule has 0 aliphatic rings. The van der Waals surface area contributed by atoms with Crippen molar-refractivity contribution in [2.45, 2.75) is 26.7 Å². The van der Waals surface area contributed by atoms with Crippen LogP contribution in [-0.2, 0) is 0 Å². The second kappa shape index (κ2) is 6.96. The molecule has 112 valence electrons. The topological polar surface area (TPSA) is 49.8 Å². The quantitative estimate of drug-likeness (QED) is 0.804. The minimum atomic E-state index is 0.248. The number of hydrogen-bond acceptors (Lipinski definition) is 4. The van der Waals surface area contributed by atoms with Crippen molar-refractivity contribution < 1.29 is 0 Å². The first kappa shape index (κ1) is 15.9. The van der Waals surface area contributed by atoms with Gasteiger partial charge < -0.3 is 10.6 Å². The molecule has 0 radical (unpaired) electrons. The molecule has 0 atom stereocenters. The zero-order valence-corrected chi connectivity index (χ0v) is 13.8. The Hall–Kier alpha value is -1.52. The average Bonchev–Trinajstić information content (AvgIpc) is 2.43. The highest BCUT2D eigenvalue weighted by molar-refractivity contribution is 6.42. The summed E-state index contributed by atoms with van der Waals surface area (Å²) in [6.45, 7) is 6.96. The van der Waals surface area contributed by atoms with E-state index in [0.29, 0.717) is 10.0 Å². The Morgan fingerprint density at radius 3 is 2.38 bits per heavy atom. The smallest absolute Gasteiger partial charge is 0.136 e. The molecular weight excluding hydrogens is 307 g/mol. The predicted molar refractivity (Wildman–Crippen MR) is 90.0 cm³/mol. The van der Waals surface area contributed by atoms with Crippen LogP contribution in [0.1, 0.15) is 32.5 Å². The van der Waals surface area contributed by atoms with E-state index in [2.05, 4.69) is 34.4 Å². The van der Waals surface area contributed by atoms with E-state index in [0.717, 1.165) is 29.7 Å². The highest BCUT2D eigenvalue weighted by Crippen LogP contribution is 2.27. The summed E-state index contributed by atoms with van der Waals surface area (Å²) in [6.07, 6.45) is 0. The van der Waals surface area contributed by atoms with Crippen molar-refractivity contribution in [2.24, 2.45) is 0 Å². The molecule has 1 aromatic heterocycles. The molecule has 2 rings (SSSR count). The molecule has 0 aliphatic carbocycles. The first-order chi connectivity index (χ1) is 9.99. The second-order valence-corrected chi connectivity index (χ2v) is 5.75. The van der Waals surface area contributed by atoms with Gasteiger partial charge in [0.15, 0.2) is 0 Å². The van der Waals surface area contributed by atoms with Gasteiger partial charge in [-0.1, -0.05) is 37.0 Å². The van der Waals surface area contributed by atoms with Gasteiger partial charge in [0.2, 0.25) is 0 Å². The van der Waals surface area contributed by atoms with Crippen LogP contribution in [0.4, 0.5) is 17.3 Å². The molecule has 6 heteroatoms. The molecule has 2 N–H and O–H groups in total. The molecule has 0 aliphatic heterocycles. The third-order valence-corrected chi connectivity index (χ3v) is 3.55. The van der Waals surface area contributed by atoms with Crippen molar-refractivity contribution in [3.8, 4) is 0 Å². The van der Waals surface area contributed by atoms with Crippen LogP contribution in [0.3, 0.4) is 0 Å². The first-order valence-corrected chi connectivity index (χ1v) is 7.60. The number of nitrogens with zero attached hydrogens (tertiary/aromatic N) is 2. The van der Waals surface area contributed by atoms with E-state index < -0.39 is 0 Å². The van der Waals surface area contributed by atoms with E-state index in [4.69, 9.17) is 23.2 Å². The second-order valence-electron chi connectivity index (χ2n) is 4.94. The number of halogens is 2.